The molecule has 0 aliphatic carbocycles. The quantitative estimate of drug-likeness (QED) is 0.903. The number of nitrogens with one attached hydrogen (secondary N) is 1. The summed E-state index contributed by atoms with van der Waals surface area (Å²) >= 11 is 0. The zero-order chi connectivity index (χ0) is 18.8. The smallest absolute Gasteiger partial charge is 0.322 e. The van der Waals surface area contributed by atoms with E-state index in [2.05, 4.69) is 20.2 Å². The van der Waals surface area contributed by atoms with Crippen molar-refractivity contribution in [3.63, 3.8) is 0 Å². The normalized spacial score (nSPS) is 17.9. The lowest BCUT2D eigenvalue weighted by atomic mass is 10.0. The van der Waals surface area contributed by atoms with E-state index in [0.717, 1.165) is 67.4 Å². The van der Waals surface area contributed by atoms with Crippen molar-refractivity contribution in [2.75, 3.05) is 37.0 Å². The lowest BCUT2D eigenvalue weighted by molar-refractivity contribution is 0.177. The Morgan fingerprint density at radius 1 is 1.15 bits per heavy atom. The molecule has 7 heteroatoms. The number of carbonyl (C=O) groups is 1. The SMILES string of the molecule is COc1ccc2c(c1)CCN(C1CCN(c3cc(C)ncn3)CC1)C(=O)N2. The van der Waals surface area contributed by atoms with Crippen LogP contribution in [0.3, 0.4) is 0 Å². The summed E-state index contributed by atoms with van der Waals surface area (Å²) < 4.78 is 5.31. The van der Waals surface area contributed by atoms with Gasteiger partial charge < -0.3 is 19.9 Å². The summed E-state index contributed by atoms with van der Waals surface area (Å²) in [5.74, 6) is 1.80. The molecular weight excluding hydrogens is 342 g/mol. The Balaban J connectivity index is 1.42. The van der Waals surface area contributed by atoms with Gasteiger partial charge in [0.15, 0.2) is 0 Å². The average molecular weight is 367 g/mol. The summed E-state index contributed by atoms with van der Waals surface area (Å²) in [6.07, 6.45) is 4.33. The number of aromatic nitrogens is 2. The number of carbonyl (C=O) groups excluding carboxylic acids is 1. The second-order valence-electron chi connectivity index (χ2n) is 7.13. The standard InChI is InChI=1S/C20H25N5O2/c1-14-11-19(22-13-21-14)24-8-6-16(7-9-24)25-10-5-15-12-17(27-2)3-4-18(15)23-20(25)26/h3-4,11-13,16H,5-10H2,1-2H3,(H,23,26). The van der Waals surface area contributed by atoms with Crippen molar-refractivity contribution in [1.82, 2.24) is 14.9 Å². The number of hydrogen-bond acceptors (Lipinski definition) is 5. The maximum Gasteiger partial charge on any atom is 0.322 e. The molecule has 7 nitrogen and oxygen atoms in total. The molecule has 2 aliphatic heterocycles. The minimum atomic E-state index is -0.00440. The second-order valence-corrected chi connectivity index (χ2v) is 7.13. The van der Waals surface area contributed by atoms with E-state index in [1.54, 1.807) is 13.4 Å². The highest BCUT2D eigenvalue weighted by Gasteiger charge is 2.30. The molecule has 0 spiro atoms. The molecule has 142 valence electrons. The highest BCUT2D eigenvalue weighted by molar-refractivity contribution is 5.91. The van der Waals surface area contributed by atoms with Crippen molar-refractivity contribution in [3.05, 3.63) is 41.9 Å². The fourth-order valence-corrected chi connectivity index (χ4v) is 3.92. The number of piperidine rings is 1. The predicted octanol–water partition coefficient (Wildman–Crippen LogP) is 2.85. The minimum absolute atomic E-state index is 0.00440. The maximum atomic E-state index is 12.8. The Morgan fingerprint density at radius 2 is 1.96 bits per heavy atom. The van der Waals surface area contributed by atoms with E-state index in [1.165, 1.54) is 0 Å². The van der Waals surface area contributed by atoms with Gasteiger partial charge in [0, 0.05) is 43.1 Å². The number of amides is 2. The molecular formula is C20H25N5O2. The first-order valence-electron chi connectivity index (χ1n) is 9.42. The molecule has 27 heavy (non-hydrogen) atoms. The molecule has 0 saturated carbocycles. The van der Waals surface area contributed by atoms with Gasteiger partial charge in [-0.1, -0.05) is 0 Å². The van der Waals surface area contributed by atoms with Crippen LogP contribution in [0.4, 0.5) is 16.3 Å². The van der Waals surface area contributed by atoms with E-state index in [1.807, 2.05) is 36.1 Å². The summed E-state index contributed by atoms with van der Waals surface area (Å²) in [6, 6.07) is 8.09. The van der Waals surface area contributed by atoms with Crippen LogP contribution in [0.25, 0.3) is 0 Å². The summed E-state index contributed by atoms with van der Waals surface area (Å²) in [5, 5.41) is 3.07. The Morgan fingerprint density at radius 3 is 2.70 bits per heavy atom. The number of anilines is 2. The van der Waals surface area contributed by atoms with E-state index in [-0.39, 0.29) is 12.1 Å². The first-order chi connectivity index (χ1) is 13.1. The van der Waals surface area contributed by atoms with Crippen LogP contribution in [0.15, 0.2) is 30.6 Å². The van der Waals surface area contributed by atoms with Gasteiger partial charge in [-0.2, -0.15) is 0 Å². The number of benzene rings is 1. The third-order valence-corrected chi connectivity index (χ3v) is 5.46. The van der Waals surface area contributed by atoms with Gasteiger partial charge in [0.1, 0.15) is 17.9 Å². The lowest BCUT2D eigenvalue weighted by Gasteiger charge is -2.38. The van der Waals surface area contributed by atoms with Crippen LogP contribution >= 0.6 is 0 Å². The number of fused-ring (bicyclic) bond motifs is 1. The monoisotopic (exact) mass is 367 g/mol. The van der Waals surface area contributed by atoms with Crippen molar-refractivity contribution in [1.29, 1.82) is 0 Å². The van der Waals surface area contributed by atoms with Crippen LogP contribution in [-0.2, 0) is 6.42 Å². The van der Waals surface area contributed by atoms with E-state index >= 15 is 0 Å². The summed E-state index contributed by atoms with van der Waals surface area (Å²) in [6.45, 7) is 4.49. The molecule has 2 aliphatic rings. The number of ether oxygens (including phenoxy) is 1. The van der Waals surface area contributed by atoms with E-state index in [9.17, 15) is 4.79 Å². The Bertz CT molecular complexity index is 833. The van der Waals surface area contributed by atoms with Crippen molar-refractivity contribution in [2.45, 2.75) is 32.2 Å². The van der Waals surface area contributed by atoms with Crippen LogP contribution in [0, 0.1) is 6.92 Å². The molecule has 1 N–H and O–H groups in total. The summed E-state index contributed by atoms with van der Waals surface area (Å²) in [4.78, 5) is 25.6. The first kappa shape index (κ1) is 17.6. The van der Waals surface area contributed by atoms with Crippen LogP contribution in [-0.4, -0.2) is 53.7 Å². The fourth-order valence-electron chi connectivity index (χ4n) is 3.92. The number of hydrogen-bond donors (Lipinski definition) is 1. The number of nitrogens with zero attached hydrogens (tertiary/aromatic N) is 4. The van der Waals surface area contributed by atoms with Gasteiger partial charge in [-0.25, -0.2) is 14.8 Å². The average Bonchev–Trinajstić information content (AvgIpc) is 2.85. The predicted molar refractivity (Wildman–Crippen MR) is 104 cm³/mol. The second kappa shape index (κ2) is 7.42. The zero-order valence-corrected chi connectivity index (χ0v) is 15.8. The van der Waals surface area contributed by atoms with Crippen LogP contribution in [0.5, 0.6) is 5.75 Å². The van der Waals surface area contributed by atoms with Gasteiger partial charge in [0.25, 0.3) is 0 Å². The molecule has 0 unspecified atom stereocenters. The molecule has 1 fully saturated rings. The van der Waals surface area contributed by atoms with E-state index in [4.69, 9.17) is 4.74 Å². The largest absolute Gasteiger partial charge is 0.497 e. The molecule has 1 aromatic carbocycles. The molecule has 1 saturated heterocycles. The van der Waals surface area contributed by atoms with Gasteiger partial charge in [-0.05, 0) is 49.9 Å². The van der Waals surface area contributed by atoms with E-state index in [0.29, 0.717) is 0 Å². The third-order valence-electron chi connectivity index (χ3n) is 5.46. The first-order valence-corrected chi connectivity index (χ1v) is 9.42. The van der Waals surface area contributed by atoms with Gasteiger partial charge in [-0.3, -0.25) is 0 Å². The highest BCUT2D eigenvalue weighted by atomic mass is 16.5. The lowest BCUT2D eigenvalue weighted by Crippen LogP contribution is -2.49. The number of urea groups is 1. The van der Waals surface area contributed by atoms with Gasteiger partial charge in [-0.15, -0.1) is 0 Å². The van der Waals surface area contributed by atoms with Crippen molar-refractivity contribution in [3.8, 4) is 5.75 Å². The van der Waals surface area contributed by atoms with Gasteiger partial charge in [0.2, 0.25) is 0 Å². The van der Waals surface area contributed by atoms with Crippen LogP contribution in [0.2, 0.25) is 0 Å². The molecule has 1 aromatic heterocycles. The molecule has 4 rings (SSSR count). The number of aryl methyl sites for hydroxylation is 1. The number of rotatable bonds is 3. The van der Waals surface area contributed by atoms with Crippen molar-refractivity contribution < 1.29 is 9.53 Å². The molecule has 0 radical (unpaired) electrons. The number of methoxy groups -OCH3 is 1. The Hall–Kier alpha value is -2.83. The van der Waals surface area contributed by atoms with Gasteiger partial charge in [0.05, 0.1) is 7.11 Å². The summed E-state index contributed by atoms with van der Waals surface area (Å²) in [7, 11) is 1.66. The molecule has 2 aromatic rings. The van der Waals surface area contributed by atoms with E-state index < -0.39 is 0 Å². The Labute approximate surface area is 159 Å². The fraction of sp³-hybridized carbons (Fsp3) is 0.450. The molecule has 2 amide bonds. The summed E-state index contributed by atoms with van der Waals surface area (Å²) in [5.41, 5.74) is 2.98. The Kier molecular flexibility index (Phi) is 4.83. The molecule has 0 bridgehead atoms. The van der Waals surface area contributed by atoms with Crippen molar-refractivity contribution in [2.24, 2.45) is 0 Å². The van der Waals surface area contributed by atoms with Crippen LogP contribution < -0.4 is 15.0 Å². The highest BCUT2D eigenvalue weighted by Crippen LogP contribution is 2.28. The van der Waals surface area contributed by atoms with Crippen LogP contribution in [0.1, 0.15) is 24.1 Å². The third kappa shape index (κ3) is 3.67. The van der Waals surface area contributed by atoms with Gasteiger partial charge >= 0.3 is 6.03 Å². The molecule has 0 atom stereocenters. The maximum absolute atomic E-state index is 12.8. The molecule has 3 heterocycles. The zero-order valence-electron chi connectivity index (χ0n) is 15.8. The van der Waals surface area contributed by atoms with Crippen molar-refractivity contribution >= 4 is 17.5 Å². The minimum Gasteiger partial charge on any atom is -0.497 e. The topological polar surface area (TPSA) is 70.6 Å².